The Morgan fingerprint density at radius 3 is 2.20 bits per heavy atom. The molecule has 25 heavy (non-hydrogen) atoms. The molecule has 0 saturated heterocycles. The molecule has 7 heteroatoms. The first-order chi connectivity index (χ1) is 12.0. The molecule has 2 aromatic carbocycles. The summed E-state index contributed by atoms with van der Waals surface area (Å²) in [6, 6.07) is 14.4. The molecule has 1 aliphatic rings. The number of hydrogen-bond acceptors (Lipinski definition) is 5. The largest absolute Gasteiger partial charge is 0.272 e. The molecule has 6 nitrogen and oxygen atoms in total. The average molecular weight is 354 g/mol. The van der Waals surface area contributed by atoms with Crippen molar-refractivity contribution in [1.29, 1.82) is 0 Å². The Kier molecular flexibility index (Phi) is 4.67. The Morgan fingerprint density at radius 1 is 1.00 bits per heavy atom. The molecule has 126 valence electrons. The van der Waals surface area contributed by atoms with Crippen molar-refractivity contribution in [3.05, 3.63) is 75.2 Å². The van der Waals surface area contributed by atoms with Crippen LogP contribution in [0.1, 0.15) is 12.5 Å². The van der Waals surface area contributed by atoms with E-state index in [1.165, 1.54) is 36.0 Å². The van der Waals surface area contributed by atoms with Gasteiger partial charge in [-0.05, 0) is 35.6 Å². The summed E-state index contributed by atoms with van der Waals surface area (Å²) in [4.78, 5) is 37.5. The Labute approximate surface area is 148 Å². The van der Waals surface area contributed by atoms with Crippen LogP contribution in [0.25, 0.3) is 5.57 Å². The maximum absolute atomic E-state index is 12.9. The molecule has 0 radical (unpaired) electrons. The van der Waals surface area contributed by atoms with Crippen LogP contribution in [0.5, 0.6) is 0 Å². The summed E-state index contributed by atoms with van der Waals surface area (Å²) in [6.07, 6.45) is 0. The Balaban J connectivity index is 2.06. The number of carbonyl (C=O) groups is 2. The van der Waals surface area contributed by atoms with Crippen molar-refractivity contribution in [1.82, 2.24) is 0 Å². The lowest BCUT2D eigenvalue weighted by Gasteiger charge is -2.14. The highest BCUT2D eigenvalue weighted by atomic mass is 32.2. The first kappa shape index (κ1) is 16.9. The van der Waals surface area contributed by atoms with E-state index in [2.05, 4.69) is 0 Å². The van der Waals surface area contributed by atoms with Crippen LogP contribution in [0.2, 0.25) is 0 Å². The fourth-order valence-corrected chi connectivity index (χ4v) is 3.46. The van der Waals surface area contributed by atoms with Gasteiger partial charge in [-0.3, -0.25) is 19.7 Å². The summed E-state index contributed by atoms with van der Waals surface area (Å²) in [5.74, 6) is -0.148. The molecule has 2 aromatic rings. The second-order valence-corrected chi connectivity index (χ2v) is 6.50. The van der Waals surface area contributed by atoms with Crippen molar-refractivity contribution in [3.63, 3.8) is 0 Å². The molecule has 0 atom stereocenters. The number of benzene rings is 2. The maximum atomic E-state index is 12.9. The van der Waals surface area contributed by atoms with E-state index in [0.717, 1.165) is 4.90 Å². The normalized spacial score (nSPS) is 14.4. The van der Waals surface area contributed by atoms with Gasteiger partial charge in [-0.1, -0.05) is 25.1 Å². The fourth-order valence-electron chi connectivity index (χ4n) is 2.60. The van der Waals surface area contributed by atoms with Gasteiger partial charge in [0.15, 0.2) is 0 Å². The van der Waals surface area contributed by atoms with Crippen LogP contribution >= 0.6 is 11.8 Å². The molecule has 1 heterocycles. The second kappa shape index (κ2) is 6.90. The van der Waals surface area contributed by atoms with E-state index < -0.39 is 10.8 Å². The third kappa shape index (κ3) is 3.06. The Bertz CT molecular complexity index is 876. The van der Waals surface area contributed by atoms with E-state index in [0.29, 0.717) is 21.9 Å². The summed E-state index contributed by atoms with van der Waals surface area (Å²) in [6.45, 7) is 1.90. The Morgan fingerprint density at radius 2 is 1.64 bits per heavy atom. The second-order valence-electron chi connectivity index (χ2n) is 5.22. The van der Waals surface area contributed by atoms with Crippen molar-refractivity contribution in [2.24, 2.45) is 0 Å². The summed E-state index contributed by atoms with van der Waals surface area (Å²) >= 11 is 1.30. The van der Waals surface area contributed by atoms with Gasteiger partial charge in [0.2, 0.25) is 0 Å². The van der Waals surface area contributed by atoms with E-state index in [1.54, 1.807) is 30.3 Å². The number of non-ortho nitro benzene ring substituents is 1. The van der Waals surface area contributed by atoms with Crippen molar-refractivity contribution < 1.29 is 14.5 Å². The minimum absolute atomic E-state index is 0.0641. The minimum Gasteiger partial charge on any atom is -0.268 e. The third-order valence-electron chi connectivity index (χ3n) is 3.71. The van der Waals surface area contributed by atoms with E-state index in [-0.39, 0.29) is 17.2 Å². The van der Waals surface area contributed by atoms with Gasteiger partial charge in [-0.2, -0.15) is 0 Å². The van der Waals surface area contributed by atoms with Crippen LogP contribution < -0.4 is 4.90 Å². The molecule has 3 rings (SSSR count). The van der Waals surface area contributed by atoms with E-state index >= 15 is 0 Å². The van der Waals surface area contributed by atoms with Crippen molar-refractivity contribution >= 4 is 40.5 Å². The quantitative estimate of drug-likeness (QED) is 0.465. The number of para-hydroxylation sites is 1. The number of anilines is 1. The molecule has 0 N–H and O–H groups in total. The number of nitrogens with zero attached hydrogens (tertiary/aromatic N) is 2. The Hall–Kier alpha value is -2.93. The summed E-state index contributed by atoms with van der Waals surface area (Å²) in [5, 5.41) is 10.8. The van der Waals surface area contributed by atoms with Crippen molar-refractivity contribution in [2.45, 2.75) is 6.92 Å². The van der Waals surface area contributed by atoms with Gasteiger partial charge in [0.25, 0.3) is 17.5 Å². The van der Waals surface area contributed by atoms with E-state index in [1.807, 2.05) is 6.92 Å². The third-order valence-corrected chi connectivity index (χ3v) is 4.67. The van der Waals surface area contributed by atoms with E-state index in [9.17, 15) is 19.7 Å². The molecule has 0 aliphatic carbocycles. The number of rotatable bonds is 5. The molecular formula is C18H14N2O4S. The smallest absolute Gasteiger partial charge is 0.268 e. The summed E-state index contributed by atoms with van der Waals surface area (Å²) in [7, 11) is 0. The maximum Gasteiger partial charge on any atom is 0.272 e. The van der Waals surface area contributed by atoms with Gasteiger partial charge in [-0.25, -0.2) is 4.90 Å². The average Bonchev–Trinajstić information content (AvgIpc) is 2.86. The first-order valence-corrected chi connectivity index (χ1v) is 8.59. The minimum atomic E-state index is -0.502. The molecule has 0 bridgehead atoms. The molecule has 1 aliphatic heterocycles. The van der Waals surface area contributed by atoms with Gasteiger partial charge in [0, 0.05) is 12.1 Å². The van der Waals surface area contributed by atoms with Gasteiger partial charge in [-0.15, -0.1) is 11.8 Å². The monoisotopic (exact) mass is 354 g/mol. The van der Waals surface area contributed by atoms with Crippen LogP contribution in [0.3, 0.4) is 0 Å². The van der Waals surface area contributed by atoms with Crippen LogP contribution in [0.4, 0.5) is 11.4 Å². The number of amides is 2. The first-order valence-electron chi connectivity index (χ1n) is 7.60. The number of imide groups is 1. The zero-order valence-corrected chi connectivity index (χ0v) is 14.2. The molecule has 0 unspecified atom stereocenters. The molecule has 0 saturated carbocycles. The molecule has 2 amide bonds. The number of hydrogen-bond donors (Lipinski definition) is 0. The van der Waals surface area contributed by atoms with Crippen molar-refractivity contribution in [3.8, 4) is 0 Å². The predicted octanol–water partition coefficient (Wildman–Crippen LogP) is 3.63. The van der Waals surface area contributed by atoms with Crippen LogP contribution in [-0.4, -0.2) is 22.5 Å². The highest BCUT2D eigenvalue weighted by molar-refractivity contribution is 8.04. The predicted molar refractivity (Wildman–Crippen MR) is 97.1 cm³/mol. The number of thioether (sulfide) groups is 1. The van der Waals surface area contributed by atoms with Crippen LogP contribution in [0, 0.1) is 10.1 Å². The molecular weight excluding hydrogens is 340 g/mol. The number of carbonyl (C=O) groups excluding carboxylic acids is 2. The van der Waals surface area contributed by atoms with Gasteiger partial charge < -0.3 is 0 Å². The van der Waals surface area contributed by atoms with Gasteiger partial charge in [0.05, 0.1) is 21.1 Å². The highest BCUT2D eigenvalue weighted by Crippen LogP contribution is 2.38. The van der Waals surface area contributed by atoms with Crippen molar-refractivity contribution in [2.75, 3.05) is 10.7 Å². The van der Waals surface area contributed by atoms with Gasteiger partial charge >= 0.3 is 0 Å². The SMILES string of the molecule is CCSC1=C(c2ccc([N+](=O)[O-])cc2)C(=O)N(c2ccccc2)C1=O. The zero-order chi connectivity index (χ0) is 18.0. The van der Waals surface area contributed by atoms with Crippen LogP contribution in [-0.2, 0) is 9.59 Å². The summed E-state index contributed by atoms with van der Waals surface area (Å²) < 4.78 is 0. The summed E-state index contributed by atoms with van der Waals surface area (Å²) in [5.41, 5.74) is 1.23. The molecule has 0 fully saturated rings. The van der Waals surface area contributed by atoms with Crippen LogP contribution in [0.15, 0.2) is 59.5 Å². The fraction of sp³-hybridized carbons (Fsp3) is 0.111. The number of nitro groups is 1. The topological polar surface area (TPSA) is 80.5 Å². The zero-order valence-electron chi connectivity index (χ0n) is 13.3. The van der Waals surface area contributed by atoms with E-state index in [4.69, 9.17) is 0 Å². The molecule has 0 aromatic heterocycles. The number of nitro benzene ring substituents is 1. The standard InChI is InChI=1S/C18H14N2O4S/c1-2-25-16-15(12-8-10-14(11-9-12)20(23)24)17(21)19(18(16)22)13-6-4-3-5-7-13/h3-11H,2H2,1H3. The lowest BCUT2D eigenvalue weighted by Crippen LogP contribution is -2.31. The van der Waals surface area contributed by atoms with Gasteiger partial charge in [0.1, 0.15) is 0 Å². The highest BCUT2D eigenvalue weighted by Gasteiger charge is 2.39. The lowest BCUT2D eigenvalue weighted by molar-refractivity contribution is -0.384. The lowest BCUT2D eigenvalue weighted by atomic mass is 10.1. The molecule has 0 spiro atoms.